The molecule has 0 N–H and O–H groups in total. The Morgan fingerprint density at radius 3 is 2.86 bits per heavy atom. The molecule has 0 amide bonds. The number of nitrogens with zero attached hydrogens (tertiary/aromatic N) is 1. The van der Waals surface area contributed by atoms with Crippen LogP contribution in [0.1, 0.15) is 18.9 Å². The Kier molecular flexibility index (Phi) is 3.09. The van der Waals surface area contributed by atoms with Gasteiger partial charge in [0.05, 0.1) is 0 Å². The summed E-state index contributed by atoms with van der Waals surface area (Å²) in [6.07, 6.45) is 1.31. The Morgan fingerprint density at radius 1 is 1.43 bits per heavy atom. The van der Waals surface area contributed by atoms with Crippen molar-refractivity contribution in [3.63, 3.8) is 0 Å². The number of hydrogen-bond donors (Lipinski definition) is 0. The lowest BCUT2D eigenvalue weighted by Crippen LogP contribution is -2.45. The molecule has 0 radical (unpaired) electrons. The third-order valence-corrected chi connectivity index (χ3v) is 3.14. The molecule has 1 fully saturated rings. The largest absolute Gasteiger partial charge is 0.298 e. The van der Waals surface area contributed by atoms with Crippen LogP contribution in [0.25, 0.3) is 0 Å². The van der Waals surface area contributed by atoms with Crippen molar-refractivity contribution in [1.82, 2.24) is 4.90 Å². The normalized spacial score (nSPS) is 18.1. The van der Waals surface area contributed by atoms with Crippen molar-refractivity contribution in [2.75, 3.05) is 13.1 Å². The molecule has 0 aliphatic carbocycles. The van der Waals surface area contributed by atoms with Crippen LogP contribution in [0, 0.1) is 5.92 Å². The minimum Gasteiger partial charge on any atom is -0.298 e. The first-order valence-corrected chi connectivity index (χ1v) is 5.62. The highest BCUT2D eigenvalue weighted by Gasteiger charge is 2.24. The first kappa shape index (κ1) is 10.0. The summed E-state index contributed by atoms with van der Waals surface area (Å²) < 4.78 is 0. The van der Waals surface area contributed by atoms with Crippen LogP contribution >= 0.6 is 11.6 Å². The summed E-state index contributed by atoms with van der Waals surface area (Å²) in [5.74, 6) is 0.925. The molecule has 0 unspecified atom stereocenters. The second-order valence-corrected chi connectivity index (χ2v) is 4.53. The number of halogens is 1. The molecule has 1 heterocycles. The molecule has 0 spiro atoms. The van der Waals surface area contributed by atoms with Crippen LogP contribution in [0.2, 0.25) is 5.02 Å². The maximum atomic E-state index is 5.93. The van der Waals surface area contributed by atoms with E-state index in [4.69, 9.17) is 11.6 Å². The van der Waals surface area contributed by atoms with E-state index in [1.807, 2.05) is 12.1 Å². The summed E-state index contributed by atoms with van der Waals surface area (Å²) >= 11 is 5.93. The van der Waals surface area contributed by atoms with E-state index in [2.05, 4.69) is 24.0 Å². The van der Waals surface area contributed by atoms with E-state index in [1.165, 1.54) is 25.1 Å². The molecule has 0 saturated carbocycles. The molecular formula is C12H16ClN. The van der Waals surface area contributed by atoms with E-state index >= 15 is 0 Å². The first-order chi connectivity index (χ1) is 6.78. The maximum Gasteiger partial charge on any atom is 0.0409 e. The van der Waals surface area contributed by atoms with Gasteiger partial charge < -0.3 is 0 Å². The van der Waals surface area contributed by atoms with Gasteiger partial charge in [-0.15, -0.1) is 0 Å². The molecule has 1 aliphatic heterocycles. The average Bonchev–Trinajstić information content (AvgIpc) is 2.10. The highest BCUT2D eigenvalue weighted by molar-refractivity contribution is 6.30. The molecule has 76 valence electrons. The number of likely N-dealkylation sites (tertiary alicyclic amines) is 1. The standard InChI is InChI=1S/C12H16ClN/c1-2-10-7-14(8-10)9-11-4-3-5-12(13)6-11/h3-6,10H,2,7-9H2,1H3. The lowest BCUT2D eigenvalue weighted by Gasteiger charge is -2.38. The monoisotopic (exact) mass is 209 g/mol. The summed E-state index contributed by atoms with van der Waals surface area (Å²) in [6.45, 7) is 5.82. The van der Waals surface area contributed by atoms with Crippen LogP contribution in [0.15, 0.2) is 24.3 Å². The van der Waals surface area contributed by atoms with Crippen LogP contribution in [0.5, 0.6) is 0 Å². The molecule has 2 rings (SSSR count). The van der Waals surface area contributed by atoms with Crippen LogP contribution < -0.4 is 0 Å². The Balaban J connectivity index is 1.87. The van der Waals surface area contributed by atoms with E-state index in [9.17, 15) is 0 Å². The van der Waals surface area contributed by atoms with Crippen molar-refractivity contribution in [2.24, 2.45) is 5.92 Å². The van der Waals surface area contributed by atoms with Gasteiger partial charge in [0.15, 0.2) is 0 Å². The van der Waals surface area contributed by atoms with Gasteiger partial charge in [-0.2, -0.15) is 0 Å². The summed E-state index contributed by atoms with van der Waals surface area (Å²) in [5, 5.41) is 0.843. The Hall–Kier alpha value is -0.530. The van der Waals surface area contributed by atoms with E-state index in [1.54, 1.807) is 0 Å². The van der Waals surface area contributed by atoms with Crippen molar-refractivity contribution < 1.29 is 0 Å². The van der Waals surface area contributed by atoms with Crippen LogP contribution in [-0.4, -0.2) is 18.0 Å². The van der Waals surface area contributed by atoms with Gasteiger partial charge in [-0.05, 0) is 23.6 Å². The fourth-order valence-electron chi connectivity index (χ4n) is 1.96. The molecule has 1 aromatic rings. The third-order valence-electron chi connectivity index (χ3n) is 2.91. The summed E-state index contributed by atoms with van der Waals surface area (Å²) in [6, 6.07) is 8.15. The zero-order chi connectivity index (χ0) is 9.97. The van der Waals surface area contributed by atoms with Gasteiger partial charge >= 0.3 is 0 Å². The Morgan fingerprint density at radius 2 is 2.21 bits per heavy atom. The zero-order valence-corrected chi connectivity index (χ0v) is 9.30. The fraction of sp³-hybridized carbons (Fsp3) is 0.500. The Bertz CT molecular complexity index is 305. The van der Waals surface area contributed by atoms with Crippen molar-refractivity contribution in [3.8, 4) is 0 Å². The first-order valence-electron chi connectivity index (χ1n) is 5.24. The number of benzene rings is 1. The predicted octanol–water partition coefficient (Wildman–Crippen LogP) is 3.18. The molecule has 1 saturated heterocycles. The van der Waals surface area contributed by atoms with Crippen molar-refractivity contribution in [1.29, 1.82) is 0 Å². The molecule has 14 heavy (non-hydrogen) atoms. The molecule has 2 heteroatoms. The fourth-order valence-corrected chi connectivity index (χ4v) is 2.17. The molecule has 1 nitrogen and oxygen atoms in total. The molecule has 0 atom stereocenters. The molecule has 0 bridgehead atoms. The molecular weight excluding hydrogens is 194 g/mol. The zero-order valence-electron chi connectivity index (χ0n) is 8.54. The van der Waals surface area contributed by atoms with E-state index in [0.29, 0.717) is 0 Å². The lowest BCUT2D eigenvalue weighted by atomic mass is 9.97. The van der Waals surface area contributed by atoms with Gasteiger partial charge in [-0.1, -0.05) is 37.1 Å². The molecule has 1 aromatic carbocycles. The SMILES string of the molecule is CCC1CN(Cc2cccc(Cl)c2)C1. The van der Waals surface area contributed by atoms with Gasteiger partial charge in [0.25, 0.3) is 0 Å². The quantitative estimate of drug-likeness (QED) is 0.739. The summed E-state index contributed by atoms with van der Waals surface area (Å²) in [7, 11) is 0. The van der Waals surface area contributed by atoms with Gasteiger partial charge in [-0.3, -0.25) is 4.90 Å². The van der Waals surface area contributed by atoms with Crippen molar-refractivity contribution >= 4 is 11.6 Å². The second-order valence-electron chi connectivity index (χ2n) is 4.10. The smallest absolute Gasteiger partial charge is 0.0409 e. The highest BCUT2D eigenvalue weighted by Crippen LogP contribution is 2.21. The summed E-state index contributed by atoms with van der Waals surface area (Å²) in [4.78, 5) is 2.47. The summed E-state index contributed by atoms with van der Waals surface area (Å²) in [5.41, 5.74) is 1.33. The minimum absolute atomic E-state index is 0.843. The van der Waals surface area contributed by atoms with Crippen molar-refractivity contribution in [2.45, 2.75) is 19.9 Å². The van der Waals surface area contributed by atoms with Gasteiger partial charge in [0, 0.05) is 24.7 Å². The topological polar surface area (TPSA) is 3.24 Å². The number of rotatable bonds is 3. The average molecular weight is 210 g/mol. The van der Waals surface area contributed by atoms with Gasteiger partial charge in [0.1, 0.15) is 0 Å². The van der Waals surface area contributed by atoms with Gasteiger partial charge in [0.2, 0.25) is 0 Å². The maximum absolute atomic E-state index is 5.93. The van der Waals surface area contributed by atoms with Crippen molar-refractivity contribution in [3.05, 3.63) is 34.9 Å². The molecule has 0 aromatic heterocycles. The highest BCUT2D eigenvalue weighted by atomic mass is 35.5. The van der Waals surface area contributed by atoms with Crippen LogP contribution in [-0.2, 0) is 6.54 Å². The number of hydrogen-bond acceptors (Lipinski definition) is 1. The Labute approximate surface area is 90.7 Å². The lowest BCUT2D eigenvalue weighted by molar-refractivity contribution is 0.0899. The van der Waals surface area contributed by atoms with Crippen LogP contribution in [0.4, 0.5) is 0 Å². The second kappa shape index (κ2) is 4.33. The third kappa shape index (κ3) is 2.28. The van der Waals surface area contributed by atoms with Gasteiger partial charge in [-0.25, -0.2) is 0 Å². The molecule has 1 aliphatic rings. The van der Waals surface area contributed by atoms with E-state index < -0.39 is 0 Å². The van der Waals surface area contributed by atoms with E-state index in [-0.39, 0.29) is 0 Å². The van der Waals surface area contributed by atoms with Crippen LogP contribution in [0.3, 0.4) is 0 Å². The predicted molar refractivity (Wildman–Crippen MR) is 60.5 cm³/mol. The van der Waals surface area contributed by atoms with E-state index in [0.717, 1.165) is 17.5 Å². The minimum atomic E-state index is 0.843.